The standard InChI is InChI=1S/C13H9BrF2N4O/c14-9-1-2-11(21-13(15)16)8(5-9)7-20-12-10(6-17)18-3-4-19-12/h1-5,13H,7H2,(H,19,20). The molecule has 0 atom stereocenters. The van der Waals surface area contributed by atoms with E-state index in [0.717, 1.165) is 4.47 Å². The molecule has 2 aromatic rings. The maximum Gasteiger partial charge on any atom is 0.387 e. The van der Waals surface area contributed by atoms with E-state index in [2.05, 4.69) is 36.0 Å². The molecule has 1 heterocycles. The molecular weight excluding hydrogens is 346 g/mol. The Bertz CT molecular complexity index is 675. The van der Waals surface area contributed by atoms with Gasteiger partial charge in [-0.15, -0.1) is 0 Å². The highest BCUT2D eigenvalue weighted by Gasteiger charge is 2.11. The minimum absolute atomic E-state index is 0.0584. The predicted molar refractivity (Wildman–Crippen MR) is 74.8 cm³/mol. The molecule has 2 rings (SSSR count). The van der Waals surface area contributed by atoms with E-state index in [1.54, 1.807) is 12.1 Å². The van der Waals surface area contributed by atoms with Crippen molar-refractivity contribution in [3.63, 3.8) is 0 Å². The molecule has 0 radical (unpaired) electrons. The van der Waals surface area contributed by atoms with Crippen molar-refractivity contribution in [2.75, 3.05) is 5.32 Å². The van der Waals surface area contributed by atoms with Crippen LogP contribution in [0.15, 0.2) is 35.1 Å². The number of nitriles is 1. The van der Waals surface area contributed by atoms with E-state index in [1.165, 1.54) is 18.5 Å². The third-order valence-electron chi connectivity index (χ3n) is 2.49. The Balaban J connectivity index is 2.19. The Kier molecular flexibility index (Phi) is 5.00. The highest BCUT2D eigenvalue weighted by atomic mass is 79.9. The Morgan fingerprint density at radius 2 is 2.10 bits per heavy atom. The number of nitrogens with zero attached hydrogens (tertiary/aromatic N) is 3. The lowest BCUT2D eigenvalue weighted by Crippen LogP contribution is -2.09. The number of rotatable bonds is 5. The topological polar surface area (TPSA) is 70.8 Å². The molecule has 0 aliphatic carbocycles. The zero-order valence-corrected chi connectivity index (χ0v) is 12.1. The number of hydrogen-bond donors (Lipinski definition) is 1. The Morgan fingerprint density at radius 1 is 1.33 bits per heavy atom. The zero-order chi connectivity index (χ0) is 15.2. The first-order chi connectivity index (χ1) is 10.1. The molecule has 0 saturated heterocycles. The number of alkyl halides is 2. The lowest BCUT2D eigenvalue weighted by molar-refractivity contribution is -0.0504. The molecule has 1 aromatic heterocycles. The molecule has 108 valence electrons. The minimum Gasteiger partial charge on any atom is -0.434 e. The first-order valence-corrected chi connectivity index (χ1v) is 6.57. The zero-order valence-electron chi connectivity index (χ0n) is 10.6. The van der Waals surface area contributed by atoms with E-state index in [1.807, 2.05) is 6.07 Å². The van der Waals surface area contributed by atoms with Gasteiger partial charge in [-0.05, 0) is 18.2 Å². The number of benzene rings is 1. The van der Waals surface area contributed by atoms with Crippen molar-refractivity contribution in [2.24, 2.45) is 0 Å². The summed E-state index contributed by atoms with van der Waals surface area (Å²) < 4.78 is 29.9. The van der Waals surface area contributed by atoms with Crippen LogP contribution in [0.25, 0.3) is 0 Å². The summed E-state index contributed by atoms with van der Waals surface area (Å²) in [6, 6.07) is 6.58. The van der Waals surface area contributed by atoms with Crippen molar-refractivity contribution in [3.8, 4) is 11.8 Å². The fraction of sp³-hybridized carbons (Fsp3) is 0.154. The van der Waals surface area contributed by atoms with Crippen LogP contribution in [-0.2, 0) is 6.54 Å². The summed E-state index contributed by atoms with van der Waals surface area (Å²) in [5.74, 6) is 0.339. The van der Waals surface area contributed by atoms with Crippen molar-refractivity contribution in [1.29, 1.82) is 5.26 Å². The first kappa shape index (κ1) is 15.1. The van der Waals surface area contributed by atoms with Crippen LogP contribution in [0.5, 0.6) is 5.75 Å². The second-order valence-corrected chi connectivity index (χ2v) is 4.77. The number of anilines is 1. The van der Waals surface area contributed by atoms with E-state index in [9.17, 15) is 8.78 Å². The predicted octanol–water partition coefficient (Wildman–Crippen LogP) is 3.32. The number of ether oxygens (including phenoxy) is 1. The van der Waals surface area contributed by atoms with Crippen LogP contribution in [0.2, 0.25) is 0 Å². The fourth-order valence-electron chi connectivity index (χ4n) is 1.63. The van der Waals surface area contributed by atoms with Gasteiger partial charge in [0.2, 0.25) is 0 Å². The van der Waals surface area contributed by atoms with Gasteiger partial charge < -0.3 is 10.1 Å². The third-order valence-corrected chi connectivity index (χ3v) is 2.98. The molecular formula is C13H9BrF2N4O. The van der Waals surface area contributed by atoms with Crippen molar-refractivity contribution in [1.82, 2.24) is 9.97 Å². The molecule has 0 aliphatic heterocycles. The van der Waals surface area contributed by atoms with E-state index >= 15 is 0 Å². The van der Waals surface area contributed by atoms with Crippen LogP contribution in [0.1, 0.15) is 11.3 Å². The summed E-state index contributed by atoms with van der Waals surface area (Å²) in [4.78, 5) is 7.83. The highest BCUT2D eigenvalue weighted by Crippen LogP contribution is 2.25. The molecule has 1 aromatic carbocycles. The van der Waals surface area contributed by atoms with E-state index in [0.29, 0.717) is 5.56 Å². The summed E-state index contributed by atoms with van der Waals surface area (Å²) in [7, 11) is 0. The molecule has 5 nitrogen and oxygen atoms in total. The molecule has 0 fully saturated rings. The normalized spacial score (nSPS) is 10.2. The minimum atomic E-state index is -2.91. The second-order valence-electron chi connectivity index (χ2n) is 3.85. The molecule has 1 N–H and O–H groups in total. The van der Waals surface area contributed by atoms with Gasteiger partial charge in [-0.25, -0.2) is 9.97 Å². The highest BCUT2D eigenvalue weighted by molar-refractivity contribution is 9.10. The lowest BCUT2D eigenvalue weighted by Gasteiger charge is -2.12. The van der Waals surface area contributed by atoms with Gasteiger partial charge in [0.05, 0.1) is 0 Å². The molecule has 0 unspecified atom stereocenters. The van der Waals surface area contributed by atoms with Crippen molar-refractivity contribution in [3.05, 3.63) is 46.3 Å². The van der Waals surface area contributed by atoms with Crippen LogP contribution in [0.4, 0.5) is 14.6 Å². The summed E-state index contributed by atoms with van der Waals surface area (Å²) in [6.45, 7) is -2.74. The van der Waals surface area contributed by atoms with Crippen molar-refractivity contribution < 1.29 is 13.5 Å². The summed E-state index contributed by atoms with van der Waals surface area (Å²) in [5, 5.41) is 11.8. The molecule has 0 spiro atoms. The first-order valence-electron chi connectivity index (χ1n) is 5.78. The quantitative estimate of drug-likeness (QED) is 0.891. The van der Waals surface area contributed by atoms with Gasteiger partial charge >= 0.3 is 6.61 Å². The van der Waals surface area contributed by atoms with Crippen LogP contribution in [0.3, 0.4) is 0 Å². The SMILES string of the molecule is N#Cc1nccnc1NCc1cc(Br)ccc1OC(F)F. The van der Waals surface area contributed by atoms with E-state index < -0.39 is 6.61 Å². The van der Waals surface area contributed by atoms with Crippen molar-refractivity contribution >= 4 is 21.7 Å². The van der Waals surface area contributed by atoms with Crippen LogP contribution in [-0.4, -0.2) is 16.6 Å². The average molecular weight is 355 g/mol. The van der Waals surface area contributed by atoms with Gasteiger partial charge in [0.1, 0.15) is 11.8 Å². The summed E-state index contributed by atoms with van der Waals surface area (Å²) in [6.07, 6.45) is 2.83. The molecule has 0 bridgehead atoms. The number of nitrogens with one attached hydrogen (secondary N) is 1. The van der Waals surface area contributed by atoms with Gasteiger partial charge in [-0.3, -0.25) is 0 Å². The maximum absolute atomic E-state index is 12.4. The van der Waals surface area contributed by atoms with Crippen LogP contribution in [0, 0.1) is 11.3 Å². The molecule has 0 amide bonds. The fourth-order valence-corrected chi connectivity index (χ4v) is 2.03. The third kappa shape index (κ3) is 4.10. The smallest absolute Gasteiger partial charge is 0.387 e. The number of hydrogen-bond acceptors (Lipinski definition) is 5. The summed E-state index contributed by atoms with van der Waals surface area (Å²) in [5.41, 5.74) is 0.628. The Labute approximate surface area is 127 Å². The van der Waals surface area contributed by atoms with Gasteiger partial charge in [0, 0.05) is 29.0 Å². The second kappa shape index (κ2) is 6.95. The van der Waals surface area contributed by atoms with E-state index in [-0.39, 0.29) is 23.8 Å². The monoisotopic (exact) mass is 354 g/mol. The van der Waals surface area contributed by atoms with Gasteiger partial charge in [-0.2, -0.15) is 14.0 Å². The van der Waals surface area contributed by atoms with Gasteiger partial charge in [0.15, 0.2) is 11.5 Å². The molecule has 8 heteroatoms. The largest absolute Gasteiger partial charge is 0.434 e. The Hall–Kier alpha value is -2.27. The van der Waals surface area contributed by atoms with Gasteiger partial charge in [0.25, 0.3) is 0 Å². The average Bonchev–Trinajstić information content (AvgIpc) is 2.47. The van der Waals surface area contributed by atoms with Gasteiger partial charge in [-0.1, -0.05) is 15.9 Å². The molecule has 0 saturated carbocycles. The summed E-state index contributed by atoms with van der Waals surface area (Å²) >= 11 is 3.27. The number of aromatic nitrogens is 2. The molecule has 0 aliphatic rings. The lowest BCUT2D eigenvalue weighted by atomic mass is 10.2. The van der Waals surface area contributed by atoms with Crippen LogP contribution < -0.4 is 10.1 Å². The molecule has 21 heavy (non-hydrogen) atoms. The van der Waals surface area contributed by atoms with Crippen LogP contribution >= 0.6 is 15.9 Å². The van der Waals surface area contributed by atoms with Crippen molar-refractivity contribution in [2.45, 2.75) is 13.2 Å². The maximum atomic E-state index is 12.4. The Morgan fingerprint density at radius 3 is 2.81 bits per heavy atom. The van der Waals surface area contributed by atoms with E-state index in [4.69, 9.17) is 5.26 Å². The number of halogens is 3.